The molecule has 1 aromatic heterocycles. The van der Waals surface area contributed by atoms with Crippen molar-refractivity contribution >= 4 is 10.9 Å². The van der Waals surface area contributed by atoms with Crippen LogP contribution in [-0.4, -0.2) is 71.5 Å². The van der Waals surface area contributed by atoms with E-state index in [0.717, 1.165) is 37.7 Å². The van der Waals surface area contributed by atoms with Crippen molar-refractivity contribution in [2.75, 3.05) is 39.5 Å². The molecule has 1 saturated heterocycles. The number of para-hydroxylation sites is 1. The zero-order valence-corrected chi connectivity index (χ0v) is 21.4. The molecule has 2 aliphatic heterocycles. The molecule has 3 heterocycles. The number of aliphatic hydroxyl groups is 1. The molecule has 6 rings (SSSR count). The molecule has 2 N–H and O–H groups in total. The Labute approximate surface area is 216 Å². The third-order valence-corrected chi connectivity index (χ3v) is 7.89. The largest absolute Gasteiger partial charge is 0.488 e. The Kier molecular flexibility index (Phi) is 7.79. The number of rotatable bonds is 8. The Morgan fingerprint density at radius 3 is 2.51 bits per heavy atom. The number of ether oxygens (including phenoxy) is 1. The van der Waals surface area contributed by atoms with Gasteiger partial charge in [0.15, 0.2) is 0 Å². The lowest BCUT2D eigenvalue weighted by molar-refractivity contribution is 0.0181. The van der Waals surface area contributed by atoms with Crippen molar-refractivity contribution in [2.24, 2.45) is 5.41 Å². The van der Waals surface area contributed by atoms with E-state index in [-0.39, 0.29) is 23.9 Å². The number of H-pyrrole nitrogens is 1. The van der Waals surface area contributed by atoms with Gasteiger partial charge in [-0.15, -0.1) is 0 Å². The zero-order valence-electron chi connectivity index (χ0n) is 21.4. The molecule has 2 aromatic carbocycles. The molecule has 5 nitrogen and oxygen atoms in total. The zero-order chi connectivity index (χ0) is 26.0. The summed E-state index contributed by atoms with van der Waals surface area (Å²) in [5.41, 5.74) is 4.34. The van der Waals surface area contributed by atoms with Crippen molar-refractivity contribution in [3.63, 3.8) is 0 Å². The van der Waals surface area contributed by atoms with Gasteiger partial charge in [-0.3, -0.25) is 14.2 Å². The highest BCUT2D eigenvalue weighted by atomic mass is 19.1. The molecule has 8 heteroatoms. The van der Waals surface area contributed by atoms with Gasteiger partial charge in [0, 0.05) is 85.6 Å². The van der Waals surface area contributed by atoms with Gasteiger partial charge < -0.3 is 14.8 Å². The topological polar surface area (TPSA) is 51.7 Å². The predicted molar refractivity (Wildman–Crippen MR) is 138 cm³/mol. The van der Waals surface area contributed by atoms with E-state index in [4.69, 9.17) is 4.74 Å². The number of benzene rings is 2. The van der Waals surface area contributed by atoms with Crippen molar-refractivity contribution in [1.29, 1.82) is 0 Å². The summed E-state index contributed by atoms with van der Waals surface area (Å²) < 4.78 is 43.1. The summed E-state index contributed by atoms with van der Waals surface area (Å²) in [6.45, 7) is 6.43. The van der Waals surface area contributed by atoms with Crippen LogP contribution >= 0.6 is 0 Å². The lowest BCUT2D eigenvalue weighted by atomic mass is 9.96. The van der Waals surface area contributed by atoms with E-state index in [0.29, 0.717) is 38.7 Å². The number of fused-ring (bicyclic) bond motifs is 3. The molecule has 3 aliphatic rings. The summed E-state index contributed by atoms with van der Waals surface area (Å²) in [7, 11) is 0. The molecule has 3 aromatic rings. The first-order chi connectivity index (χ1) is 17.9. The summed E-state index contributed by atoms with van der Waals surface area (Å²) in [6.07, 6.45) is 3.94. The summed E-state index contributed by atoms with van der Waals surface area (Å²) in [5, 5.41) is 10.9. The third-order valence-electron chi connectivity index (χ3n) is 7.89. The second-order valence-electron chi connectivity index (χ2n) is 10.9. The molecule has 1 saturated carbocycles. The second-order valence-corrected chi connectivity index (χ2v) is 10.9. The Morgan fingerprint density at radius 1 is 1.11 bits per heavy atom. The standard InChI is InChI=1S/C17H22N2O.C12H14F3NO/c1-12-8-14-13-4-2-3-5-15(13)18-16(14)9-19(12)10-17(11-20)6-7-17;13-2-1-3-16-7-12(8-16)17-11-5-9(14)4-10(15)6-11/h2-5,12,18,20H,6-11H2,1H3;4-6,12H,1-3,7-8H2/t12-;/m1./s1. The Morgan fingerprint density at radius 2 is 1.84 bits per heavy atom. The summed E-state index contributed by atoms with van der Waals surface area (Å²) >= 11 is 0. The number of hydrogen-bond donors (Lipinski definition) is 2. The van der Waals surface area contributed by atoms with Crippen LogP contribution in [0.1, 0.15) is 37.4 Å². The van der Waals surface area contributed by atoms with E-state index in [2.05, 4.69) is 41.1 Å². The number of aliphatic hydroxyl groups excluding tert-OH is 1. The van der Waals surface area contributed by atoms with Gasteiger partial charge in [0.2, 0.25) is 0 Å². The minimum atomic E-state index is -0.645. The number of nitrogens with one attached hydrogen (secondary N) is 1. The van der Waals surface area contributed by atoms with Gasteiger partial charge in [-0.25, -0.2) is 8.78 Å². The smallest absolute Gasteiger partial charge is 0.129 e. The minimum Gasteiger partial charge on any atom is -0.488 e. The van der Waals surface area contributed by atoms with E-state index in [1.165, 1.54) is 35.0 Å². The lowest BCUT2D eigenvalue weighted by Crippen LogP contribution is -2.53. The number of hydrogen-bond acceptors (Lipinski definition) is 4. The van der Waals surface area contributed by atoms with Crippen molar-refractivity contribution in [2.45, 2.75) is 51.3 Å². The molecular formula is C29H36F3N3O2. The van der Waals surface area contributed by atoms with Crippen LogP contribution in [0.4, 0.5) is 13.2 Å². The highest BCUT2D eigenvalue weighted by Gasteiger charge is 2.44. The maximum Gasteiger partial charge on any atom is 0.129 e. The first-order valence-electron chi connectivity index (χ1n) is 13.2. The Balaban J connectivity index is 0.000000154. The summed E-state index contributed by atoms with van der Waals surface area (Å²) in [5.74, 6) is -1.08. The monoisotopic (exact) mass is 515 g/mol. The molecule has 37 heavy (non-hydrogen) atoms. The van der Waals surface area contributed by atoms with Crippen LogP contribution in [0.5, 0.6) is 5.75 Å². The molecule has 0 amide bonds. The molecule has 0 radical (unpaired) electrons. The Bertz CT molecular complexity index is 1190. The summed E-state index contributed by atoms with van der Waals surface area (Å²) in [4.78, 5) is 8.17. The van der Waals surface area contributed by atoms with Crippen molar-refractivity contribution in [1.82, 2.24) is 14.8 Å². The van der Waals surface area contributed by atoms with Crippen molar-refractivity contribution in [3.05, 3.63) is 65.4 Å². The third kappa shape index (κ3) is 6.13. The number of alkyl halides is 1. The average molecular weight is 516 g/mol. The maximum absolute atomic E-state index is 12.9. The average Bonchev–Trinajstić information content (AvgIpc) is 3.54. The highest BCUT2D eigenvalue weighted by molar-refractivity contribution is 5.84. The fourth-order valence-electron chi connectivity index (χ4n) is 5.44. The van der Waals surface area contributed by atoms with E-state index in [9.17, 15) is 18.3 Å². The van der Waals surface area contributed by atoms with Gasteiger partial charge in [-0.1, -0.05) is 18.2 Å². The molecule has 0 unspecified atom stereocenters. The van der Waals surface area contributed by atoms with Crippen molar-refractivity contribution < 1.29 is 23.0 Å². The molecule has 1 atom stereocenters. The van der Waals surface area contributed by atoms with Gasteiger partial charge >= 0.3 is 0 Å². The van der Waals surface area contributed by atoms with Crippen molar-refractivity contribution in [3.8, 4) is 5.75 Å². The maximum atomic E-state index is 12.9. The summed E-state index contributed by atoms with van der Waals surface area (Å²) in [6, 6.07) is 12.3. The van der Waals surface area contributed by atoms with Crippen LogP contribution in [0.3, 0.4) is 0 Å². The van der Waals surface area contributed by atoms with Gasteiger partial charge in [0.25, 0.3) is 0 Å². The van der Waals surface area contributed by atoms with E-state index >= 15 is 0 Å². The normalized spacial score (nSPS) is 21.2. The predicted octanol–water partition coefficient (Wildman–Crippen LogP) is 5.07. The molecule has 1 aliphatic carbocycles. The van der Waals surface area contributed by atoms with Crippen LogP contribution < -0.4 is 4.74 Å². The quantitative estimate of drug-likeness (QED) is 0.440. The van der Waals surface area contributed by atoms with Gasteiger partial charge in [0.05, 0.1) is 6.67 Å². The number of aromatic amines is 1. The number of nitrogens with zero attached hydrogens (tertiary/aromatic N) is 2. The van der Waals surface area contributed by atoms with E-state index in [1.54, 1.807) is 0 Å². The minimum absolute atomic E-state index is 0.0594. The molecule has 2 fully saturated rings. The number of halogens is 3. The second kappa shape index (κ2) is 11.1. The van der Waals surface area contributed by atoms with E-state index in [1.807, 2.05) is 4.90 Å². The molecule has 0 spiro atoms. The first-order valence-corrected chi connectivity index (χ1v) is 13.2. The van der Waals surface area contributed by atoms with Gasteiger partial charge in [-0.05, 0) is 44.2 Å². The van der Waals surface area contributed by atoms with Crippen LogP contribution in [-0.2, 0) is 13.0 Å². The number of likely N-dealkylation sites (tertiary alicyclic amines) is 1. The highest BCUT2D eigenvalue weighted by Crippen LogP contribution is 2.46. The first kappa shape index (κ1) is 26.1. The SMILES string of the molecule is C[C@@H]1Cc2c([nH]c3ccccc23)CN1CC1(CO)CC1.FCCCN1CC(Oc2cc(F)cc(F)c2)C1. The lowest BCUT2D eigenvalue weighted by Gasteiger charge is -2.38. The fraction of sp³-hybridized carbons (Fsp3) is 0.517. The van der Waals surface area contributed by atoms with Crippen LogP contribution in [0.15, 0.2) is 42.5 Å². The van der Waals surface area contributed by atoms with Crippen LogP contribution in [0, 0.1) is 17.0 Å². The fourth-order valence-corrected chi connectivity index (χ4v) is 5.44. The molecule has 200 valence electrons. The van der Waals surface area contributed by atoms with Gasteiger partial charge in [0.1, 0.15) is 23.5 Å². The Hall–Kier alpha value is -2.55. The number of aromatic nitrogens is 1. The molecular weight excluding hydrogens is 479 g/mol. The molecule has 0 bridgehead atoms. The van der Waals surface area contributed by atoms with E-state index < -0.39 is 11.6 Å². The van der Waals surface area contributed by atoms with Crippen LogP contribution in [0.2, 0.25) is 0 Å². The van der Waals surface area contributed by atoms with Crippen LogP contribution in [0.25, 0.3) is 10.9 Å². The van der Waals surface area contributed by atoms with Gasteiger partial charge in [-0.2, -0.15) is 0 Å².